The molecule has 0 atom stereocenters. The predicted molar refractivity (Wildman–Crippen MR) is 105 cm³/mol. The van der Waals surface area contributed by atoms with Crippen LogP contribution in [0.2, 0.25) is 0 Å². The van der Waals surface area contributed by atoms with Gasteiger partial charge in [0.25, 0.3) is 0 Å². The molecule has 2 nitrogen and oxygen atoms in total. The number of hydrogen-bond acceptors (Lipinski definition) is 2. The Morgan fingerprint density at radius 1 is 1.00 bits per heavy atom. The van der Waals surface area contributed by atoms with Gasteiger partial charge in [-0.25, -0.2) is 0 Å². The minimum absolute atomic E-state index is 0.0917. The van der Waals surface area contributed by atoms with Crippen molar-refractivity contribution in [2.45, 2.75) is 47.0 Å². The van der Waals surface area contributed by atoms with E-state index in [4.69, 9.17) is 0 Å². The average Bonchev–Trinajstić information content (AvgIpc) is 2.60. The molecule has 25 heavy (non-hydrogen) atoms. The zero-order valence-corrected chi connectivity index (χ0v) is 15.5. The Morgan fingerprint density at radius 2 is 1.80 bits per heavy atom. The van der Waals surface area contributed by atoms with Crippen molar-refractivity contribution in [2.75, 3.05) is 0 Å². The second-order valence-corrected chi connectivity index (χ2v) is 6.65. The summed E-state index contributed by atoms with van der Waals surface area (Å²) in [6.45, 7) is 8.03. The number of benzene rings is 2. The van der Waals surface area contributed by atoms with Gasteiger partial charge in [-0.3, -0.25) is 9.78 Å². The van der Waals surface area contributed by atoms with Gasteiger partial charge in [0.1, 0.15) is 0 Å². The first-order valence-corrected chi connectivity index (χ1v) is 9.08. The molecule has 0 unspecified atom stereocenters. The summed E-state index contributed by atoms with van der Waals surface area (Å²) in [6, 6.07) is 14.6. The molecule has 0 aliphatic carbocycles. The van der Waals surface area contributed by atoms with Crippen molar-refractivity contribution >= 4 is 16.7 Å². The lowest BCUT2D eigenvalue weighted by atomic mass is 9.90. The number of carbonyl (C=O) groups excluding carboxylic acids is 1. The molecular formula is C23H25NO. The summed E-state index contributed by atoms with van der Waals surface area (Å²) >= 11 is 0. The lowest BCUT2D eigenvalue weighted by Crippen LogP contribution is -2.00. The Labute approximate surface area is 149 Å². The van der Waals surface area contributed by atoms with Gasteiger partial charge in [-0.05, 0) is 61.6 Å². The Balaban J connectivity index is 2.31. The Morgan fingerprint density at radius 3 is 2.48 bits per heavy atom. The molecule has 0 aliphatic rings. The second-order valence-electron chi connectivity index (χ2n) is 6.65. The van der Waals surface area contributed by atoms with Gasteiger partial charge in [-0.15, -0.1) is 0 Å². The number of fused-ring (bicyclic) bond motifs is 1. The number of pyridine rings is 1. The third kappa shape index (κ3) is 3.34. The molecule has 128 valence electrons. The largest absolute Gasteiger partial charge is 0.294 e. The molecule has 0 N–H and O–H groups in total. The third-order valence-corrected chi connectivity index (χ3v) is 4.78. The van der Waals surface area contributed by atoms with E-state index in [1.165, 1.54) is 11.1 Å². The molecule has 0 saturated heterocycles. The van der Waals surface area contributed by atoms with Gasteiger partial charge in [0.05, 0.1) is 5.52 Å². The molecule has 0 bridgehead atoms. The van der Waals surface area contributed by atoms with Crippen LogP contribution >= 0.6 is 0 Å². The number of ketones is 1. The highest BCUT2D eigenvalue weighted by Crippen LogP contribution is 2.33. The first-order valence-electron chi connectivity index (χ1n) is 9.08. The van der Waals surface area contributed by atoms with Crippen LogP contribution < -0.4 is 0 Å². The monoisotopic (exact) mass is 331 g/mol. The molecule has 0 fully saturated rings. The van der Waals surface area contributed by atoms with Crippen LogP contribution in [0.5, 0.6) is 0 Å². The molecule has 2 heteroatoms. The van der Waals surface area contributed by atoms with E-state index in [9.17, 15) is 4.79 Å². The maximum Gasteiger partial charge on any atom is 0.160 e. The van der Waals surface area contributed by atoms with E-state index in [-0.39, 0.29) is 5.78 Å². The fourth-order valence-electron chi connectivity index (χ4n) is 3.54. The zero-order chi connectivity index (χ0) is 18.0. The SMILES string of the molecule is CCCc1cc(-c2c(C(C)=O)ccc3nc(C)ccc23)ccc1CC. The zero-order valence-electron chi connectivity index (χ0n) is 15.5. The van der Waals surface area contributed by atoms with E-state index in [2.05, 4.69) is 43.1 Å². The molecule has 1 heterocycles. The first kappa shape index (κ1) is 17.3. The molecule has 1 aromatic heterocycles. The minimum Gasteiger partial charge on any atom is -0.294 e. The molecule has 0 aliphatic heterocycles. The van der Waals surface area contributed by atoms with Crippen molar-refractivity contribution in [2.24, 2.45) is 0 Å². The maximum absolute atomic E-state index is 12.3. The molecule has 3 rings (SSSR count). The number of Topliss-reactive ketones (excluding diaryl/α,β-unsaturated/α-hetero) is 1. The van der Waals surface area contributed by atoms with Crippen LogP contribution in [0.15, 0.2) is 42.5 Å². The molecule has 0 spiro atoms. The van der Waals surface area contributed by atoms with Gasteiger partial charge in [0.2, 0.25) is 0 Å². The van der Waals surface area contributed by atoms with Gasteiger partial charge in [0, 0.05) is 22.2 Å². The van der Waals surface area contributed by atoms with Crippen molar-refractivity contribution in [3.05, 3.63) is 64.8 Å². The van der Waals surface area contributed by atoms with E-state index in [0.29, 0.717) is 0 Å². The summed E-state index contributed by atoms with van der Waals surface area (Å²) in [4.78, 5) is 16.9. The highest BCUT2D eigenvalue weighted by Gasteiger charge is 2.15. The Kier molecular flexibility index (Phi) is 4.98. The number of hydrogen-bond donors (Lipinski definition) is 0. The lowest BCUT2D eigenvalue weighted by molar-refractivity contribution is 0.101. The molecule has 2 aromatic carbocycles. The standard InChI is InChI=1S/C23H25NO/c1-5-7-18-14-19(10-9-17(18)6-2)23-20(16(4)25)12-13-22-21(23)11-8-15(3)24-22/h8-14H,5-7H2,1-4H3. The Bertz CT molecular complexity index is 940. The lowest BCUT2D eigenvalue weighted by Gasteiger charge is -2.15. The van der Waals surface area contributed by atoms with Crippen LogP contribution in [0, 0.1) is 6.92 Å². The number of nitrogens with zero attached hydrogens (tertiary/aromatic N) is 1. The quantitative estimate of drug-likeness (QED) is 0.543. The van der Waals surface area contributed by atoms with E-state index in [0.717, 1.165) is 52.5 Å². The topological polar surface area (TPSA) is 30.0 Å². The molecule has 0 radical (unpaired) electrons. The normalized spacial score (nSPS) is 11.0. The summed E-state index contributed by atoms with van der Waals surface area (Å²) in [5, 5.41) is 1.05. The summed E-state index contributed by atoms with van der Waals surface area (Å²) in [5.41, 5.74) is 7.60. The summed E-state index contributed by atoms with van der Waals surface area (Å²) in [7, 11) is 0. The highest BCUT2D eigenvalue weighted by atomic mass is 16.1. The molecule has 0 amide bonds. The van der Waals surface area contributed by atoms with Crippen molar-refractivity contribution in [1.82, 2.24) is 4.98 Å². The van der Waals surface area contributed by atoms with Crippen molar-refractivity contribution < 1.29 is 4.79 Å². The summed E-state index contributed by atoms with van der Waals surface area (Å²) < 4.78 is 0. The van der Waals surface area contributed by atoms with Crippen molar-refractivity contribution in [3.8, 4) is 11.1 Å². The predicted octanol–water partition coefficient (Wildman–Crippen LogP) is 5.93. The van der Waals surface area contributed by atoms with E-state index >= 15 is 0 Å². The van der Waals surface area contributed by atoms with Gasteiger partial charge in [-0.2, -0.15) is 0 Å². The average molecular weight is 331 g/mol. The van der Waals surface area contributed by atoms with Gasteiger partial charge >= 0.3 is 0 Å². The van der Waals surface area contributed by atoms with Gasteiger partial charge < -0.3 is 0 Å². The second kappa shape index (κ2) is 7.18. The summed E-state index contributed by atoms with van der Waals surface area (Å²) in [5.74, 6) is 0.0917. The number of aromatic nitrogens is 1. The first-order chi connectivity index (χ1) is 12.0. The van der Waals surface area contributed by atoms with Crippen LogP contribution in [0.4, 0.5) is 0 Å². The van der Waals surface area contributed by atoms with Crippen LogP contribution in [-0.4, -0.2) is 10.8 Å². The Hall–Kier alpha value is -2.48. The smallest absolute Gasteiger partial charge is 0.160 e. The molecule has 0 saturated carbocycles. The summed E-state index contributed by atoms with van der Waals surface area (Å²) in [6.07, 6.45) is 3.21. The van der Waals surface area contributed by atoms with Crippen molar-refractivity contribution in [1.29, 1.82) is 0 Å². The fourth-order valence-corrected chi connectivity index (χ4v) is 3.54. The maximum atomic E-state index is 12.3. The van der Waals surface area contributed by atoms with Crippen LogP contribution in [0.1, 0.15) is 54.4 Å². The molecular weight excluding hydrogens is 306 g/mol. The van der Waals surface area contributed by atoms with Crippen LogP contribution in [-0.2, 0) is 12.8 Å². The highest BCUT2D eigenvalue weighted by molar-refractivity contribution is 6.09. The van der Waals surface area contributed by atoms with E-state index < -0.39 is 0 Å². The van der Waals surface area contributed by atoms with Gasteiger partial charge in [0.15, 0.2) is 5.78 Å². The van der Waals surface area contributed by atoms with Gasteiger partial charge in [-0.1, -0.05) is 44.5 Å². The molecule has 3 aromatic rings. The third-order valence-electron chi connectivity index (χ3n) is 4.78. The van der Waals surface area contributed by atoms with Crippen LogP contribution in [0.3, 0.4) is 0 Å². The number of aryl methyl sites for hydroxylation is 3. The fraction of sp³-hybridized carbons (Fsp3) is 0.304. The number of carbonyl (C=O) groups is 1. The number of rotatable bonds is 5. The van der Waals surface area contributed by atoms with E-state index in [1.54, 1.807) is 6.92 Å². The van der Waals surface area contributed by atoms with Crippen molar-refractivity contribution in [3.63, 3.8) is 0 Å². The minimum atomic E-state index is 0.0917. The van der Waals surface area contributed by atoms with E-state index in [1.807, 2.05) is 25.1 Å². The van der Waals surface area contributed by atoms with Crippen LogP contribution in [0.25, 0.3) is 22.0 Å².